The maximum absolute atomic E-state index is 11.1. The quantitative estimate of drug-likeness (QED) is 0.455. The lowest BCUT2D eigenvalue weighted by Gasteiger charge is -2.09. The van der Waals surface area contributed by atoms with Crippen molar-refractivity contribution >= 4 is 33.2 Å². The van der Waals surface area contributed by atoms with Gasteiger partial charge in [0.25, 0.3) is 0 Å². The van der Waals surface area contributed by atoms with Gasteiger partial charge < -0.3 is 4.74 Å². The van der Waals surface area contributed by atoms with E-state index in [1.807, 2.05) is 6.07 Å². The number of nitriles is 1. The fourth-order valence-electron chi connectivity index (χ4n) is 1.67. The molecule has 0 aliphatic carbocycles. The summed E-state index contributed by atoms with van der Waals surface area (Å²) in [5, 5.41) is 20.1. The van der Waals surface area contributed by atoms with E-state index in [0.717, 1.165) is 0 Å². The number of hydrogen-bond acceptors (Lipinski definition) is 5. The van der Waals surface area contributed by atoms with Crippen LogP contribution in [0.1, 0.15) is 11.1 Å². The van der Waals surface area contributed by atoms with E-state index in [-0.39, 0.29) is 28.0 Å². The molecule has 0 amide bonds. The van der Waals surface area contributed by atoms with Crippen LogP contribution >= 0.6 is 27.5 Å². The number of hydrogen-bond donors (Lipinski definition) is 0. The second-order valence-electron chi connectivity index (χ2n) is 4.06. The molecular weight excluding hydrogens is 362 g/mol. The molecule has 0 radical (unpaired) electrons. The molecule has 1 aromatic carbocycles. The molecule has 1 aromatic heterocycles. The van der Waals surface area contributed by atoms with Gasteiger partial charge in [-0.3, -0.25) is 10.1 Å². The highest BCUT2D eigenvalue weighted by atomic mass is 79.9. The van der Waals surface area contributed by atoms with E-state index in [1.54, 1.807) is 13.0 Å². The first kappa shape index (κ1) is 15.2. The molecule has 0 aliphatic rings. The Morgan fingerprint density at radius 2 is 2.14 bits per heavy atom. The Bertz CT molecular complexity index is 774. The van der Waals surface area contributed by atoms with Gasteiger partial charge in [0.2, 0.25) is 11.6 Å². The number of nitrogens with zero attached hydrogens (tertiary/aromatic N) is 3. The first-order valence-electron chi connectivity index (χ1n) is 5.61. The van der Waals surface area contributed by atoms with Gasteiger partial charge in [0.15, 0.2) is 0 Å². The number of nitro groups is 1. The zero-order valence-electron chi connectivity index (χ0n) is 10.6. The molecule has 2 aromatic rings. The highest BCUT2D eigenvalue weighted by molar-refractivity contribution is 9.10. The Kier molecular flexibility index (Phi) is 4.40. The van der Waals surface area contributed by atoms with Gasteiger partial charge in [-0.1, -0.05) is 27.5 Å². The van der Waals surface area contributed by atoms with Crippen LogP contribution in [0.2, 0.25) is 5.15 Å². The van der Waals surface area contributed by atoms with Crippen LogP contribution in [-0.2, 0) is 0 Å². The van der Waals surface area contributed by atoms with Crippen molar-refractivity contribution in [3.8, 4) is 17.7 Å². The summed E-state index contributed by atoms with van der Waals surface area (Å²) >= 11 is 8.97. The summed E-state index contributed by atoms with van der Waals surface area (Å²) in [5.74, 6) is 0.0782. The largest absolute Gasteiger partial charge is 0.431 e. The number of rotatable bonds is 3. The predicted molar refractivity (Wildman–Crippen MR) is 79.6 cm³/mol. The molecule has 0 N–H and O–H groups in total. The standard InChI is InChI=1S/C13H7BrClN3O3/c1-7-2-9(14)5-10(18(19)20)13(7)21-12-4-8(6-16)3-11(15)17-12/h2-5H,1H3. The first-order chi connectivity index (χ1) is 9.90. The molecule has 21 heavy (non-hydrogen) atoms. The van der Waals surface area contributed by atoms with Crippen molar-refractivity contribution in [2.75, 3.05) is 0 Å². The lowest BCUT2D eigenvalue weighted by atomic mass is 10.2. The fourth-order valence-corrected chi connectivity index (χ4v) is 2.44. The summed E-state index contributed by atoms with van der Waals surface area (Å²) in [6, 6.07) is 7.65. The van der Waals surface area contributed by atoms with E-state index >= 15 is 0 Å². The average Bonchev–Trinajstić information content (AvgIpc) is 2.40. The van der Waals surface area contributed by atoms with Crippen molar-refractivity contribution in [3.05, 3.63) is 55.1 Å². The van der Waals surface area contributed by atoms with E-state index in [4.69, 9.17) is 21.6 Å². The first-order valence-corrected chi connectivity index (χ1v) is 6.78. The van der Waals surface area contributed by atoms with Gasteiger partial charge in [-0.2, -0.15) is 5.26 Å². The minimum absolute atomic E-state index is 0.0209. The minimum Gasteiger partial charge on any atom is -0.431 e. The molecular formula is C13H7BrClN3O3. The van der Waals surface area contributed by atoms with Crippen molar-refractivity contribution in [2.45, 2.75) is 6.92 Å². The maximum atomic E-state index is 11.1. The number of nitro benzene ring substituents is 1. The summed E-state index contributed by atoms with van der Waals surface area (Å²) in [7, 11) is 0. The van der Waals surface area contributed by atoms with E-state index in [9.17, 15) is 10.1 Å². The molecule has 8 heteroatoms. The Morgan fingerprint density at radius 3 is 2.76 bits per heavy atom. The molecule has 0 spiro atoms. The smallest absolute Gasteiger partial charge is 0.313 e. The zero-order valence-corrected chi connectivity index (χ0v) is 13.0. The van der Waals surface area contributed by atoms with Crippen molar-refractivity contribution < 1.29 is 9.66 Å². The number of ether oxygens (including phenoxy) is 1. The van der Waals surface area contributed by atoms with Gasteiger partial charge in [0, 0.05) is 22.2 Å². The summed E-state index contributed by atoms with van der Waals surface area (Å²) in [6.07, 6.45) is 0. The van der Waals surface area contributed by atoms with Crippen LogP contribution in [0.3, 0.4) is 0 Å². The summed E-state index contributed by atoms with van der Waals surface area (Å²) in [5.41, 5.74) is 0.598. The van der Waals surface area contributed by atoms with Crippen LogP contribution in [0, 0.1) is 28.4 Å². The third kappa shape index (κ3) is 3.48. The molecule has 0 saturated carbocycles. The number of halogens is 2. The fraction of sp³-hybridized carbons (Fsp3) is 0.0769. The van der Waals surface area contributed by atoms with Gasteiger partial charge in [-0.05, 0) is 19.1 Å². The molecule has 6 nitrogen and oxygen atoms in total. The SMILES string of the molecule is Cc1cc(Br)cc([N+](=O)[O-])c1Oc1cc(C#N)cc(Cl)n1. The third-order valence-electron chi connectivity index (χ3n) is 2.52. The highest BCUT2D eigenvalue weighted by Crippen LogP contribution is 2.37. The van der Waals surface area contributed by atoms with Crippen LogP contribution in [0.25, 0.3) is 0 Å². The van der Waals surface area contributed by atoms with Crippen molar-refractivity contribution in [3.63, 3.8) is 0 Å². The molecule has 0 atom stereocenters. The van der Waals surface area contributed by atoms with Crippen LogP contribution in [0.15, 0.2) is 28.7 Å². The number of pyridine rings is 1. The van der Waals surface area contributed by atoms with Crippen molar-refractivity contribution in [1.29, 1.82) is 5.26 Å². The lowest BCUT2D eigenvalue weighted by molar-refractivity contribution is -0.385. The Hall–Kier alpha value is -2.17. The van der Waals surface area contributed by atoms with E-state index < -0.39 is 4.92 Å². The molecule has 0 fully saturated rings. The van der Waals surface area contributed by atoms with Crippen molar-refractivity contribution in [1.82, 2.24) is 4.98 Å². The van der Waals surface area contributed by atoms with Gasteiger partial charge >= 0.3 is 5.69 Å². The lowest BCUT2D eigenvalue weighted by Crippen LogP contribution is -1.98. The van der Waals surface area contributed by atoms with Crippen LogP contribution < -0.4 is 4.74 Å². The van der Waals surface area contributed by atoms with E-state index in [1.165, 1.54) is 18.2 Å². The summed E-state index contributed by atoms with van der Waals surface area (Å²) in [6.45, 7) is 1.67. The topological polar surface area (TPSA) is 89.0 Å². The Morgan fingerprint density at radius 1 is 1.43 bits per heavy atom. The number of aryl methyl sites for hydroxylation is 1. The van der Waals surface area contributed by atoms with Crippen LogP contribution in [0.4, 0.5) is 5.69 Å². The number of aromatic nitrogens is 1. The molecule has 106 valence electrons. The monoisotopic (exact) mass is 367 g/mol. The summed E-state index contributed by atoms with van der Waals surface area (Å²) < 4.78 is 6.04. The Labute approximate surface area is 133 Å². The second-order valence-corrected chi connectivity index (χ2v) is 5.36. The predicted octanol–water partition coefficient (Wildman–Crippen LogP) is 4.38. The molecule has 0 saturated heterocycles. The maximum Gasteiger partial charge on any atom is 0.313 e. The molecule has 1 heterocycles. The normalized spacial score (nSPS) is 10.0. The summed E-state index contributed by atoms with van der Waals surface area (Å²) in [4.78, 5) is 14.5. The highest BCUT2D eigenvalue weighted by Gasteiger charge is 2.20. The van der Waals surface area contributed by atoms with Crippen molar-refractivity contribution in [2.24, 2.45) is 0 Å². The van der Waals surface area contributed by atoms with Gasteiger partial charge in [-0.25, -0.2) is 4.98 Å². The Balaban J connectivity index is 2.52. The third-order valence-corrected chi connectivity index (χ3v) is 3.17. The number of benzene rings is 1. The second kappa shape index (κ2) is 6.08. The average molecular weight is 369 g/mol. The minimum atomic E-state index is -0.553. The van der Waals surface area contributed by atoms with Gasteiger partial charge in [0.1, 0.15) is 5.15 Å². The van der Waals surface area contributed by atoms with Crippen LogP contribution in [0.5, 0.6) is 11.6 Å². The van der Waals surface area contributed by atoms with Gasteiger partial charge in [0.05, 0.1) is 16.6 Å². The van der Waals surface area contributed by atoms with E-state index in [2.05, 4.69) is 20.9 Å². The van der Waals surface area contributed by atoms with Gasteiger partial charge in [-0.15, -0.1) is 0 Å². The molecule has 0 aliphatic heterocycles. The molecule has 0 unspecified atom stereocenters. The molecule has 2 rings (SSSR count). The zero-order chi connectivity index (χ0) is 15.6. The molecule has 0 bridgehead atoms. The van der Waals surface area contributed by atoms with E-state index in [0.29, 0.717) is 10.0 Å². The van der Waals surface area contributed by atoms with Crippen LogP contribution in [-0.4, -0.2) is 9.91 Å².